The van der Waals surface area contributed by atoms with Crippen molar-refractivity contribution in [3.05, 3.63) is 15.5 Å². The number of thiazole rings is 1. The Labute approximate surface area is 93.9 Å². The number of piperidine rings is 1. The number of hydrogen-bond donors (Lipinski definition) is 0. The molecule has 1 aromatic heterocycles. The minimum Gasteiger partial charge on any atom is -0.297 e. The summed E-state index contributed by atoms with van der Waals surface area (Å²) in [4.78, 5) is 6.73. The van der Waals surface area contributed by atoms with Crippen LogP contribution in [0.15, 0.2) is 5.38 Å². The zero-order valence-electron chi connectivity index (χ0n) is 8.37. The summed E-state index contributed by atoms with van der Waals surface area (Å²) in [6.07, 6.45) is 2.63. The fourth-order valence-corrected chi connectivity index (χ4v) is 2.58. The normalized spacial score (nSPS) is 20.1. The van der Waals surface area contributed by atoms with E-state index < -0.39 is 0 Å². The third-order valence-electron chi connectivity index (χ3n) is 2.79. The van der Waals surface area contributed by atoms with Gasteiger partial charge in [0.1, 0.15) is 0 Å². The Balaban J connectivity index is 1.86. The van der Waals surface area contributed by atoms with Crippen LogP contribution >= 0.6 is 22.9 Å². The van der Waals surface area contributed by atoms with E-state index in [0.29, 0.717) is 4.47 Å². The van der Waals surface area contributed by atoms with Gasteiger partial charge in [-0.05, 0) is 31.8 Å². The summed E-state index contributed by atoms with van der Waals surface area (Å²) in [5.41, 5.74) is 1.12. The van der Waals surface area contributed by atoms with Gasteiger partial charge in [0.05, 0.1) is 5.69 Å². The van der Waals surface area contributed by atoms with E-state index in [0.717, 1.165) is 18.2 Å². The summed E-state index contributed by atoms with van der Waals surface area (Å²) >= 11 is 7.31. The van der Waals surface area contributed by atoms with Gasteiger partial charge < -0.3 is 0 Å². The molecule has 1 aliphatic heterocycles. The molecule has 78 valence electrons. The second-order valence-electron chi connectivity index (χ2n) is 4.05. The maximum Gasteiger partial charge on any atom is 0.183 e. The van der Waals surface area contributed by atoms with Crippen LogP contribution in [0.2, 0.25) is 4.47 Å². The third-order valence-corrected chi connectivity index (χ3v) is 3.81. The van der Waals surface area contributed by atoms with Gasteiger partial charge in [-0.1, -0.05) is 18.5 Å². The second-order valence-corrected chi connectivity index (χ2v) is 5.49. The fourth-order valence-electron chi connectivity index (χ4n) is 1.80. The Morgan fingerprint density at radius 2 is 2.29 bits per heavy atom. The molecule has 1 aromatic rings. The first kappa shape index (κ1) is 10.4. The van der Waals surface area contributed by atoms with E-state index in [9.17, 15) is 0 Å². The lowest BCUT2D eigenvalue weighted by Gasteiger charge is -2.29. The molecule has 0 amide bonds. The van der Waals surface area contributed by atoms with Crippen molar-refractivity contribution >= 4 is 22.9 Å². The van der Waals surface area contributed by atoms with Crippen molar-refractivity contribution in [2.24, 2.45) is 5.92 Å². The van der Waals surface area contributed by atoms with E-state index >= 15 is 0 Å². The summed E-state index contributed by atoms with van der Waals surface area (Å²) in [5, 5.41) is 2.06. The van der Waals surface area contributed by atoms with Crippen LogP contribution in [0.3, 0.4) is 0 Å². The van der Waals surface area contributed by atoms with Gasteiger partial charge in [0.2, 0.25) is 0 Å². The number of nitrogens with zero attached hydrogens (tertiary/aromatic N) is 2. The molecule has 0 spiro atoms. The van der Waals surface area contributed by atoms with Crippen molar-refractivity contribution in [1.82, 2.24) is 9.88 Å². The van der Waals surface area contributed by atoms with Crippen LogP contribution in [0.25, 0.3) is 0 Å². The first-order valence-electron chi connectivity index (χ1n) is 5.06. The molecule has 0 bridgehead atoms. The lowest BCUT2D eigenvalue weighted by atomic mass is 9.99. The van der Waals surface area contributed by atoms with Crippen LogP contribution in [-0.4, -0.2) is 23.0 Å². The lowest BCUT2D eigenvalue weighted by molar-refractivity contribution is 0.184. The smallest absolute Gasteiger partial charge is 0.183 e. The zero-order valence-corrected chi connectivity index (χ0v) is 9.94. The molecular formula is C10H15ClN2S. The Morgan fingerprint density at radius 3 is 2.86 bits per heavy atom. The van der Waals surface area contributed by atoms with Crippen molar-refractivity contribution in [2.75, 3.05) is 13.1 Å². The molecule has 0 aliphatic carbocycles. The van der Waals surface area contributed by atoms with Gasteiger partial charge in [-0.3, -0.25) is 4.90 Å². The molecule has 0 atom stereocenters. The molecular weight excluding hydrogens is 216 g/mol. The average molecular weight is 231 g/mol. The van der Waals surface area contributed by atoms with Crippen molar-refractivity contribution in [1.29, 1.82) is 0 Å². The number of halogens is 1. The summed E-state index contributed by atoms with van der Waals surface area (Å²) in [6.45, 7) is 5.71. The Bertz CT molecular complexity index is 292. The maximum atomic E-state index is 5.79. The SMILES string of the molecule is CC1CCN(Cc2csc(Cl)n2)CC1. The van der Waals surface area contributed by atoms with Crippen LogP contribution in [0.5, 0.6) is 0 Å². The van der Waals surface area contributed by atoms with E-state index in [-0.39, 0.29) is 0 Å². The van der Waals surface area contributed by atoms with Crippen molar-refractivity contribution in [3.63, 3.8) is 0 Å². The van der Waals surface area contributed by atoms with E-state index in [4.69, 9.17) is 11.6 Å². The predicted octanol–water partition coefficient (Wildman–Crippen LogP) is 3.03. The lowest BCUT2D eigenvalue weighted by Crippen LogP contribution is -2.32. The molecule has 1 aliphatic rings. The molecule has 2 heterocycles. The molecule has 0 unspecified atom stereocenters. The minimum absolute atomic E-state index is 0.658. The molecule has 0 N–H and O–H groups in total. The van der Waals surface area contributed by atoms with E-state index in [1.807, 2.05) is 0 Å². The minimum atomic E-state index is 0.658. The topological polar surface area (TPSA) is 16.1 Å². The zero-order chi connectivity index (χ0) is 9.97. The summed E-state index contributed by atoms with van der Waals surface area (Å²) in [5.74, 6) is 0.894. The van der Waals surface area contributed by atoms with Gasteiger partial charge in [-0.2, -0.15) is 0 Å². The summed E-state index contributed by atoms with van der Waals surface area (Å²) in [7, 11) is 0. The summed E-state index contributed by atoms with van der Waals surface area (Å²) < 4.78 is 0.658. The molecule has 0 radical (unpaired) electrons. The van der Waals surface area contributed by atoms with Gasteiger partial charge in [-0.25, -0.2) is 4.98 Å². The van der Waals surface area contributed by atoms with Gasteiger partial charge in [-0.15, -0.1) is 11.3 Å². The molecule has 1 fully saturated rings. The quantitative estimate of drug-likeness (QED) is 0.777. The van der Waals surface area contributed by atoms with Crippen LogP contribution in [-0.2, 0) is 6.54 Å². The molecule has 2 nitrogen and oxygen atoms in total. The Kier molecular flexibility index (Phi) is 3.42. The average Bonchev–Trinajstić information content (AvgIpc) is 2.56. The van der Waals surface area contributed by atoms with E-state index in [1.165, 1.54) is 37.3 Å². The van der Waals surface area contributed by atoms with Crippen molar-refractivity contribution in [3.8, 4) is 0 Å². The number of aromatic nitrogens is 1. The van der Waals surface area contributed by atoms with Crippen LogP contribution < -0.4 is 0 Å². The molecule has 1 saturated heterocycles. The predicted molar refractivity (Wildman–Crippen MR) is 60.8 cm³/mol. The number of hydrogen-bond acceptors (Lipinski definition) is 3. The van der Waals surface area contributed by atoms with Gasteiger partial charge in [0.15, 0.2) is 4.47 Å². The van der Waals surface area contributed by atoms with E-state index in [1.54, 1.807) is 0 Å². The highest BCUT2D eigenvalue weighted by Gasteiger charge is 2.16. The van der Waals surface area contributed by atoms with Crippen LogP contribution in [0.4, 0.5) is 0 Å². The van der Waals surface area contributed by atoms with Crippen molar-refractivity contribution < 1.29 is 0 Å². The Hall–Kier alpha value is -0.120. The molecule has 4 heteroatoms. The molecule has 0 saturated carbocycles. The van der Waals surface area contributed by atoms with Gasteiger partial charge in [0, 0.05) is 11.9 Å². The van der Waals surface area contributed by atoms with E-state index in [2.05, 4.69) is 22.2 Å². The second kappa shape index (κ2) is 4.60. The largest absolute Gasteiger partial charge is 0.297 e. The summed E-state index contributed by atoms with van der Waals surface area (Å²) in [6, 6.07) is 0. The van der Waals surface area contributed by atoms with Crippen molar-refractivity contribution in [2.45, 2.75) is 26.3 Å². The molecule has 14 heavy (non-hydrogen) atoms. The van der Waals surface area contributed by atoms with Crippen LogP contribution in [0, 0.1) is 5.92 Å². The highest BCUT2D eigenvalue weighted by atomic mass is 35.5. The first-order valence-corrected chi connectivity index (χ1v) is 6.32. The van der Waals surface area contributed by atoms with Crippen LogP contribution in [0.1, 0.15) is 25.5 Å². The Morgan fingerprint density at radius 1 is 1.57 bits per heavy atom. The standard InChI is InChI=1S/C10H15ClN2S/c1-8-2-4-13(5-3-8)6-9-7-14-10(11)12-9/h7-8H,2-6H2,1H3. The third kappa shape index (κ3) is 2.69. The maximum absolute atomic E-state index is 5.79. The molecule has 2 rings (SSSR count). The molecule has 0 aromatic carbocycles. The fraction of sp³-hybridized carbons (Fsp3) is 0.700. The first-order chi connectivity index (χ1) is 6.74. The number of likely N-dealkylation sites (tertiary alicyclic amines) is 1. The highest BCUT2D eigenvalue weighted by Crippen LogP contribution is 2.20. The number of rotatable bonds is 2. The van der Waals surface area contributed by atoms with Gasteiger partial charge in [0.25, 0.3) is 0 Å². The van der Waals surface area contributed by atoms with Gasteiger partial charge >= 0.3 is 0 Å². The monoisotopic (exact) mass is 230 g/mol. The highest BCUT2D eigenvalue weighted by molar-refractivity contribution is 7.13.